The summed E-state index contributed by atoms with van der Waals surface area (Å²) in [5.74, 6) is 0.869. The van der Waals surface area contributed by atoms with E-state index in [2.05, 4.69) is 52.9 Å². The molecule has 0 saturated carbocycles. The number of hydrogen-bond donors (Lipinski definition) is 1. The van der Waals surface area contributed by atoms with E-state index in [9.17, 15) is 0 Å². The van der Waals surface area contributed by atoms with E-state index in [0.717, 1.165) is 17.1 Å². The van der Waals surface area contributed by atoms with E-state index in [0.29, 0.717) is 0 Å². The smallest absolute Gasteiger partial charge is 0.165 e. The molecule has 2 heterocycles. The van der Waals surface area contributed by atoms with Gasteiger partial charge in [0.2, 0.25) is 0 Å². The molecule has 0 aliphatic rings. The van der Waals surface area contributed by atoms with Gasteiger partial charge in [-0.15, -0.1) is 21.5 Å². The van der Waals surface area contributed by atoms with E-state index < -0.39 is 0 Å². The minimum atomic E-state index is 0.263. The van der Waals surface area contributed by atoms with Crippen molar-refractivity contribution >= 4 is 17.0 Å². The van der Waals surface area contributed by atoms with Crippen LogP contribution in [0.4, 0.5) is 5.69 Å². The lowest BCUT2D eigenvalue weighted by molar-refractivity contribution is 0.894. The van der Waals surface area contributed by atoms with Crippen molar-refractivity contribution in [2.45, 2.75) is 19.9 Å². The molecule has 1 unspecified atom stereocenters. The Kier molecular flexibility index (Phi) is 3.75. The summed E-state index contributed by atoms with van der Waals surface area (Å²) in [5.41, 5.74) is 3.48. The van der Waals surface area contributed by atoms with Crippen LogP contribution in [0.3, 0.4) is 0 Å². The lowest BCUT2D eigenvalue weighted by Crippen LogP contribution is -2.07. The summed E-state index contributed by atoms with van der Waals surface area (Å²) in [5, 5.41) is 13.9. The number of nitrogens with zero attached hydrogens (tertiary/aromatic N) is 3. The summed E-state index contributed by atoms with van der Waals surface area (Å²) in [6.45, 7) is 4.34. The maximum Gasteiger partial charge on any atom is 0.165 e. The first-order valence-corrected chi connectivity index (χ1v) is 7.78. The van der Waals surface area contributed by atoms with Crippen LogP contribution in [0.5, 0.6) is 0 Å². The van der Waals surface area contributed by atoms with Gasteiger partial charge in [0.05, 0.1) is 6.04 Å². The lowest BCUT2D eigenvalue weighted by Gasteiger charge is -2.17. The van der Waals surface area contributed by atoms with Crippen LogP contribution in [-0.2, 0) is 7.05 Å². The molecule has 108 valence electrons. The molecule has 0 amide bonds. The Hall–Kier alpha value is -2.14. The summed E-state index contributed by atoms with van der Waals surface area (Å²) >= 11 is 1.79. The summed E-state index contributed by atoms with van der Waals surface area (Å²) in [7, 11) is 1.96. The van der Waals surface area contributed by atoms with E-state index in [1.807, 2.05) is 23.7 Å². The molecule has 3 rings (SSSR count). The molecule has 2 aromatic heterocycles. The maximum absolute atomic E-state index is 4.21. The first-order valence-electron chi connectivity index (χ1n) is 6.90. The molecule has 21 heavy (non-hydrogen) atoms. The van der Waals surface area contributed by atoms with Gasteiger partial charge in [0.25, 0.3) is 0 Å². The second-order valence-electron chi connectivity index (χ2n) is 5.14. The Morgan fingerprint density at radius 1 is 1.24 bits per heavy atom. The molecule has 0 aliphatic heterocycles. The van der Waals surface area contributed by atoms with Crippen LogP contribution in [0.2, 0.25) is 0 Å². The highest BCUT2D eigenvalue weighted by atomic mass is 32.1. The van der Waals surface area contributed by atoms with E-state index in [4.69, 9.17) is 0 Å². The van der Waals surface area contributed by atoms with E-state index >= 15 is 0 Å². The Balaban J connectivity index is 1.93. The lowest BCUT2D eigenvalue weighted by atomic mass is 10.1. The van der Waals surface area contributed by atoms with Crippen molar-refractivity contribution in [2.24, 2.45) is 7.05 Å². The first-order chi connectivity index (χ1) is 10.2. The molecular formula is C16H18N4S. The van der Waals surface area contributed by atoms with Crippen molar-refractivity contribution in [3.8, 4) is 11.4 Å². The quantitative estimate of drug-likeness (QED) is 0.791. The Morgan fingerprint density at radius 3 is 2.71 bits per heavy atom. The third-order valence-electron chi connectivity index (χ3n) is 3.55. The van der Waals surface area contributed by atoms with E-state index in [-0.39, 0.29) is 6.04 Å². The summed E-state index contributed by atoms with van der Waals surface area (Å²) in [4.78, 5) is 1.36. The van der Waals surface area contributed by atoms with Gasteiger partial charge >= 0.3 is 0 Å². The van der Waals surface area contributed by atoms with Gasteiger partial charge in [0, 0.05) is 23.2 Å². The van der Waals surface area contributed by atoms with Crippen LogP contribution < -0.4 is 5.32 Å². The minimum Gasteiger partial charge on any atom is -0.377 e. The number of nitrogens with one attached hydrogen (secondary N) is 1. The van der Waals surface area contributed by atoms with Gasteiger partial charge in [-0.25, -0.2) is 0 Å². The summed E-state index contributed by atoms with van der Waals surface area (Å²) in [6.07, 6.45) is 1.72. The van der Waals surface area contributed by atoms with Crippen molar-refractivity contribution in [1.82, 2.24) is 14.8 Å². The van der Waals surface area contributed by atoms with Crippen LogP contribution in [-0.4, -0.2) is 14.8 Å². The second-order valence-corrected chi connectivity index (χ2v) is 6.09. The first kappa shape index (κ1) is 13.8. The molecule has 3 aromatic rings. The Labute approximate surface area is 128 Å². The molecule has 1 N–H and O–H groups in total. The molecule has 0 fully saturated rings. The van der Waals surface area contributed by atoms with Gasteiger partial charge in [-0.1, -0.05) is 12.1 Å². The third kappa shape index (κ3) is 2.69. The zero-order valence-electron chi connectivity index (χ0n) is 12.4. The highest BCUT2D eigenvalue weighted by Crippen LogP contribution is 2.31. The van der Waals surface area contributed by atoms with Gasteiger partial charge in [-0.2, -0.15) is 0 Å². The fourth-order valence-corrected chi connectivity index (χ4v) is 3.39. The predicted molar refractivity (Wildman–Crippen MR) is 87.5 cm³/mol. The number of aryl methyl sites for hydroxylation is 2. The molecule has 0 aliphatic carbocycles. The van der Waals surface area contributed by atoms with Crippen molar-refractivity contribution < 1.29 is 0 Å². The third-order valence-corrected chi connectivity index (χ3v) is 4.75. The highest BCUT2D eigenvalue weighted by Gasteiger charge is 2.14. The molecule has 0 spiro atoms. The maximum atomic E-state index is 4.21. The van der Waals surface area contributed by atoms with Crippen LogP contribution in [0.15, 0.2) is 42.0 Å². The van der Waals surface area contributed by atoms with Gasteiger partial charge in [-0.3, -0.25) is 0 Å². The number of para-hydroxylation sites is 1. The summed E-state index contributed by atoms with van der Waals surface area (Å²) < 4.78 is 1.93. The van der Waals surface area contributed by atoms with E-state index in [1.165, 1.54) is 10.4 Å². The van der Waals surface area contributed by atoms with E-state index in [1.54, 1.807) is 17.7 Å². The summed E-state index contributed by atoms with van der Waals surface area (Å²) in [6, 6.07) is 10.6. The number of anilines is 1. The topological polar surface area (TPSA) is 42.7 Å². The van der Waals surface area contributed by atoms with Gasteiger partial charge < -0.3 is 9.88 Å². The molecular weight excluding hydrogens is 280 g/mol. The standard InChI is InChI=1S/C16H18N4S/c1-11-8-9-21-15(11)12(2)18-14-7-5-4-6-13(14)16-19-17-10-20(16)3/h4-10,12,18H,1-3H3. The average molecular weight is 298 g/mol. The second kappa shape index (κ2) is 5.69. The Bertz CT molecular complexity index is 744. The van der Waals surface area contributed by atoms with Crippen molar-refractivity contribution in [1.29, 1.82) is 0 Å². The monoisotopic (exact) mass is 298 g/mol. The molecule has 0 radical (unpaired) electrons. The molecule has 1 aromatic carbocycles. The largest absolute Gasteiger partial charge is 0.377 e. The number of benzene rings is 1. The van der Waals surface area contributed by atoms with Crippen molar-refractivity contribution in [3.05, 3.63) is 52.5 Å². The van der Waals surface area contributed by atoms with Crippen LogP contribution in [0, 0.1) is 6.92 Å². The predicted octanol–water partition coefficient (Wildman–Crippen LogP) is 4.03. The molecule has 1 atom stereocenters. The van der Waals surface area contributed by atoms with Gasteiger partial charge in [0.15, 0.2) is 5.82 Å². The zero-order valence-corrected chi connectivity index (χ0v) is 13.2. The molecule has 4 nitrogen and oxygen atoms in total. The highest BCUT2D eigenvalue weighted by molar-refractivity contribution is 7.10. The fourth-order valence-electron chi connectivity index (χ4n) is 2.46. The Morgan fingerprint density at radius 2 is 2.05 bits per heavy atom. The van der Waals surface area contributed by atoms with Crippen molar-refractivity contribution in [3.63, 3.8) is 0 Å². The molecule has 0 saturated heterocycles. The van der Waals surface area contributed by atoms with Crippen LogP contribution >= 0.6 is 11.3 Å². The number of thiophene rings is 1. The number of aromatic nitrogens is 3. The number of rotatable bonds is 4. The minimum absolute atomic E-state index is 0.263. The SMILES string of the molecule is Cc1ccsc1C(C)Nc1ccccc1-c1nncn1C. The van der Waals surface area contributed by atoms with Crippen molar-refractivity contribution in [2.75, 3.05) is 5.32 Å². The number of hydrogen-bond acceptors (Lipinski definition) is 4. The zero-order chi connectivity index (χ0) is 14.8. The van der Waals surface area contributed by atoms with Gasteiger partial charge in [0.1, 0.15) is 6.33 Å². The fraction of sp³-hybridized carbons (Fsp3) is 0.250. The van der Waals surface area contributed by atoms with Crippen LogP contribution in [0.25, 0.3) is 11.4 Å². The average Bonchev–Trinajstić information content (AvgIpc) is 3.08. The molecule has 5 heteroatoms. The normalized spacial score (nSPS) is 12.3. The van der Waals surface area contributed by atoms with Crippen LogP contribution in [0.1, 0.15) is 23.4 Å². The van der Waals surface area contributed by atoms with Gasteiger partial charge in [-0.05, 0) is 43.0 Å². The molecule has 0 bridgehead atoms.